The number of hydrogen-bond donors (Lipinski definition) is 3. The summed E-state index contributed by atoms with van der Waals surface area (Å²) in [4.78, 5) is 5.67. The van der Waals surface area contributed by atoms with Crippen LogP contribution >= 0.6 is 0 Å². The van der Waals surface area contributed by atoms with Crippen molar-refractivity contribution in [1.82, 2.24) is 9.88 Å². The summed E-state index contributed by atoms with van der Waals surface area (Å²) in [6.45, 7) is 4.23. The second-order valence-electron chi connectivity index (χ2n) is 8.93. The lowest BCUT2D eigenvalue weighted by molar-refractivity contribution is -0.0587. The van der Waals surface area contributed by atoms with Crippen LogP contribution in [0.25, 0.3) is 10.9 Å². The minimum Gasteiger partial charge on any atom is -0.497 e. The number of aryl methyl sites for hydroxylation is 1. The van der Waals surface area contributed by atoms with Crippen LogP contribution < -0.4 is 9.47 Å². The van der Waals surface area contributed by atoms with Crippen LogP contribution in [0.4, 0.5) is 0 Å². The zero-order valence-corrected chi connectivity index (χ0v) is 18.1. The molecular weight excluding hydrogens is 392 g/mol. The minimum atomic E-state index is -0.589. The Hall–Kier alpha value is -2.54. The fourth-order valence-corrected chi connectivity index (χ4v) is 5.25. The zero-order valence-electron chi connectivity index (χ0n) is 18.1. The van der Waals surface area contributed by atoms with E-state index in [4.69, 9.17) is 9.47 Å². The molecule has 2 atom stereocenters. The van der Waals surface area contributed by atoms with Gasteiger partial charge < -0.3 is 29.6 Å². The van der Waals surface area contributed by atoms with Gasteiger partial charge in [-0.05, 0) is 44.0 Å². The van der Waals surface area contributed by atoms with E-state index in [1.165, 1.54) is 0 Å². The van der Waals surface area contributed by atoms with Gasteiger partial charge in [0.25, 0.3) is 0 Å². The van der Waals surface area contributed by atoms with Gasteiger partial charge in [0, 0.05) is 53.8 Å². The van der Waals surface area contributed by atoms with E-state index in [0.29, 0.717) is 13.0 Å². The molecule has 2 aromatic carbocycles. The van der Waals surface area contributed by atoms with Gasteiger partial charge >= 0.3 is 0 Å². The number of para-hydroxylation sites is 1. The van der Waals surface area contributed by atoms with Crippen molar-refractivity contribution in [1.29, 1.82) is 0 Å². The summed E-state index contributed by atoms with van der Waals surface area (Å²) in [7, 11) is 1.66. The van der Waals surface area contributed by atoms with E-state index in [-0.39, 0.29) is 5.60 Å². The van der Waals surface area contributed by atoms with E-state index in [1.807, 2.05) is 49.4 Å². The van der Waals surface area contributed by atoms with Crippen LogP contribution in [-0.2, 0) is 0 Å². The van der Waals surface area contributed by atoms with Crippen molar-refractivity contribution in [3.8, 4) is 11.5 Å². The van der Waals surface area contributed by atoms with Crippen LogP contribution in [0.3, 0.4) is 0 Å². The van der Waals surface area contributed by atoms with Crippen molar-refractivity contribution in [3.05, 3.63) is 59.3 Å². The molecule has 3 aromatic rings. The van der Waals surface area contributed by atoms with Crippen molar-refractivity contribution in [2.45, 2.75) is 44.0 Å². The highest BCUT2D eigenvalue weighted by molar-refractivity contribution is 5.86. The number of nitrogens with zero attached hydrogens (tertiary/aromatic N) is 1. The highest BCUT2D eigenvalue weighted by Gasteiger charge is 2.43. The molecule has 0 saturated carbocycles. The van der Waals surface area contributed by atoms with Crippen LogP contribution in [0.2, 0.25) is 0 Å². The standard InChI is InChI=1S/C25H30N2O4/c1-16-24(19-13-17(30-2)7-8-20(19)26-16)22(29)15-27-11-9-25(10-12-27)14-21(28)18-5-3-4-6-23(18)31-25/h3-8,13,21-22,26,28-29H,9-12,14-15H2,1-2H3/t21-,22+/m1/s1. The predicted molar refractivity (Wildman–Crippen MR) is 120 cm³/mol. The normalized spacial score (nSPS) is 21.6. The van der Waals surface area contributed by atoms with E-state index in [9.17, 15) is 10.2 Å². The van der Waals surface area contributed by atoms with E-state index < -0.39 is 12.2 Å². The van der Waals surface area contributed by atoms with E-state index in [0.717, 1.165) is 65.2 Å². The Kier molecular flexibility index (Phi) is 5.16. The molecule has 6 heteroatoms. The number of aromatic amines is 1. The molecule has 0 aliphatic carbocycles. The molecule has 3 heterocycles. The molecule has 5 rings (SSSR count). The summed E-state index contributed by atoms with van der Waals surface area (Å²) in [5.41, 5.74) is 3.50. The number of piperidine rings is 1. The predicted octanol–water partition coefficient (Wildman–Crippen LogP) is 3.87. The van der Waals surface area contributed by atoms with Crippen molar-refractivity contribution in [3.63, 3.8) is 0 Å². The van der Waals surface area contributed by atoms with E-state index >= 15 is 0 Å². The third-order valence-electron chi connectivity index (χ3n) is 6.94. The zero-order chi connectivity index (χ0) is 21.6. The second-order valence-corrected chi connectivity index (χ2v) is 8.93. The molecule has 1 aromatic heterocycles. The molecular formula is C25H30N2O4. The van der Waals surface area contributed by atoms with E-state index in [1.54, 1.807) is 7.11 Å². The molecule has 164 valence electrons. The number of ether oxygens (including phenoxy) is 2. The Morgan fingerprint density at radius 3 is 2.77 bits per heavy atom. The number of aliphatic hydroxyl groups is 2. The van der Waals surface area contributed by atoms with Crippen LogP contribution in [0.1, 0.15) is 48.3 Å². The molecule has 0 amide bonds. The van der Waals surface area contributed by atoms with Crippen LogP contribution in [-0.4, -0.2) is 52.4 Å². The third-order valence-corrected chi connectivity index (χ3v) is 6.94. The first-order valence-electron chi connectivity index (χ1n) is 11.0. The monoisotopic (exact) mass is 422 g/mol. The van der Waals surface area contributed by atoms with Crippen LogP contribution in [0.5, 0.6) is 11.5 Å². The summed E-state index contributed by atoms with van der Waals surface area (Å²) in [6.07, 6.45) is 1.23. The van der Waals surface area contributed by atoms with E-state index in [2.05, 4.69) is 9.88 Å². The molecule has 3 N–H and O–H groups in total. The smallest absolute Gasteiger partial charge is 0.125 e. The molecule has 1 saturated heterocycles. The quantitative estimate of drug-likeness (QED) is 0.595. The average Bonchev–Trinajstić information content (AvgIpc) is 3.10. The topological polar surface area (TPSA) is 78.0 Å². The number of aromatic nitrogens is 1. The number of fused-ring (bicyclic) bond motifs is 2. The summed E-state index contributed by atoms with van der Waals surface area (Å²) < 4.78 is 11.8. The highest BCUT2D eigenvalue weighted by Crippen LogP contribution is 2.44. The second kappa shape index (κ2) is 7.86. The van der Waals surface area contributed by atoms with Gasteiger partial charge in [0.2, 0.25) is 0 Å². The van der Waals surface area contributed by atoms with Gasteiger partial charge in [-0.15, -0.1) is 0 Å². The number of benzene rings is 2. The van der Waals surface area contributed by atoms with Gasteiger partial charge in [-0.3, -0.25) is 0 Å². The van der Waals surface area contributed by atoms with Gasteiger partial charge in [0.15, 0.2) is 0 Å². The summed E-state index contributed by atoms with van der Waals surface area (Å²) in [5, 5.41) is 22.8. The first-order chi connectivity index (χ1) is 15.0. The Morgan fingerprint density at radius 1 is 1.23 bits per heavy atom. The maximum Gasteiger partial charge on any atom is 0.125 e. The fraction of sp³-hybridized carbons (Fsp3) is 0.440. The van der Waals surface area contributed by atoms with Gasteiger partial charge in [0.1, 0.15) is 17.1 Å². The SMILES string of the molecule is COc1ccc2[nH]c(C)c([C@@H](O)CN3CCC4(CC3)C[C@@H](O)c3ccccc3O4)c2c1. The van der Waals surface area contributed by atoms with Crippen molar-refractivity contribution in [2.24, 2.45) is 0 Å². The number of hydrogen-bond acceptors (Lipinski definition) is 5. The Morgan fingerprint density at radius 2 is 2.00 bits per heavy atom. The van der Waals surface area contributed by atoms with Crippen LogP contribution in [0.15, 0.2) is 42.5 Å². The number of methoxy groups -OCH3 is 1. The number of β-amino-alcohol motifs (C(OH)–C–C–N with tert-alkyl or cyclic N) is 1. The van der Waals surface area contributed by atoms with Gasteiger partial charge in [0.05, 0.1) is 19.3 Å². The molecule has 1 fully saturated rings. The molecule has 0 bridgehead atoms. The fourth-order valence-electron chi connectivity index (χ4n) is 5.25. The van der Waals surface area contributed by atoms with Gasteiger partial charge in [-0.1, -0.05) is 18.2 Å². The Balaban J connectivity index is 1.28. The number of rotatable bonds is 4. The van der Waals surface area contributed by atoms with Gasteiger partial charge in [-0.25, -0.2) is 0 Å². The third kappa shape index (κ3) is 3.69. The van der Waals surface area contributed by atoms with Crippen LogP contribution in [0, 0.1) is 6.92 Å². The molecule has 0 radical (unpaired) electrons. The highest BCUT2D eigenvalue weighted by atomic mass is 16.5. The molecule has 2 aliphatic heterocycles. The molecule has 6 nitrogen and oxygen atoms in total. The molecule has 1 spiro atoms. The molecule has 0 unspecified atom stereocenters. The van der Waals surface area contributed by atoms with Crippen molar-refractivity contribution in [2.75, 3.05) is 26.7 Å². The summed E-state index contributed by atoms with van der Waals surface area (Å²) in [6, 6.07) is 13.7. The van der Waals surface area contributed by atoms with Crippen molar-refractivity contribution < 1.29 is 19.7 Å². The lowest BCUT2D eigenvalue weighted by atomic mass is 9.81. The number of aliphatic hydroxyl groups excluding tert-OH is 2. The Bertz CT molecular complexity index is 1080. The lowest BCUT2D eigenvalue weighted by Crippen LogP contribution is -2.51. The number of likely N-dealkylation sites (tertiary alicyclic amines) is 1. The molecule has 31 heavy (non-hydrogen) atoms. The summed E-state index contributed by atoms with van der Waals surface area (Å²) >= 11 is 0. The molecule has 2 aliphatic rings. The average molecular weight is 423 g/mol. The minimum absolute atomic E-state index is 0.320. The lowest BCUT2D eigenvalue weighted by Gasteiger charge is -2.46. The Labute approximate surface area is 182 Å². The number of H-pyrrole nitrogens is 1. The van der Waals surface area contributed by atoms with Crippen molar-refractivity contribution >= 4 is 10.9 Å². The van der Waals surface area contributed by atoms with Gasteiger partial charge in [-0.2, -0.15) is 0 Å². The maximum atomic E-state index is 11.1. The first-order valence-corrected chi connectivity index (χ1v) is 11.0. The maximum absolute atomic E-state index is 11.1. The largest absolute Gasteiger partial charge is 0.497 e. The summed E-state index contributed by atoms with van der Waals surface area (Å²) in [5.74, 6) is 1.59. The number of nitrogens with one attached hydrogen (secondary N) is 1. The first kappa shape index (κ1) is 20.4.